The Labute approximate surface area is 173 Å². The lowest BCUT2D eigenvalue weighted by molar-refractivity contribution is -0.115. The van der Waals surface area contributed by atoms with Crippen LogP contribution in [0, 0.1) is 0 Å². The summed E-state index contributed by atoms with van der Waals surface area (Å²) >= 11 is 1.51. The van der Waals surface area contributed by atoms with Gasteiger partial charge in [-0.1, -0.05) is 50.2 Å². The maximum Gasteiger partial charge on any atom is 0.228 e. The van der Waals surface area contributed by atoms with Gasteiger partial charge in [-0.3, -0.25) is 4.79 Å². The Bertz CT molecular complexity index is 1130. The third-order valence-corrected chi connectivity index (χ3v) is 5.89. The van der Waals surface area contributed by atoms with Gasteiger partial charge in [0.2, 0.25) is 5.91 Å². The van der Waals surface area contributed by atoms with Gasteiger partial charge in [0.05, 0.1) is 22.2 Å². The number of nitrogens with one attached hydrogen (secondary N) is 1. The summed E-state index contributed by atoms with van der Waals surface area (Å²) in [4.78, 5) is 17.1. The van der Waals surface area contributed by atoms with Crippen LogP contribution in [-0.4, -0.2) is 16.0 Å². The Morgan fingerprint density at radius 2 is 1.83 bits per heavy atom. The summed E-state index contributed by atoms with van der Waals surface area (Å²) in [5.74, 6) is 0.519. The molecule has 0 atom stereocenters. The number of fused-ring (bicyclic) bond motifs is 1. The van der Waals surface area contributed by atoms with E-state index in [0.29, 0.717) is 23.6 Å². The van der Waals surface area contributed by atoms with Crippen molar-refractivity contribution in [2.24, 2.45) is 0 Å². The van der Waals surface area contributed by atoms with E-state index in [1.165, 1.54) is 16.9 Å². The minimum Gasteiger partial charge on any atom is -0.507 e. The number of anilines is 1. The molecule has 0 aliphatic heterocycles. The van der Waals surface area contributed by atoms with Crippen LogP contribution < -0.4 is 5.32 Å². The van der Waals surface area contributed by atoms with Crippen LogP contribution in [0.5, 0.6) is 5.75 Å². The van der Waals surface area contributed by atoms with Crippen LogP contribution in [0.4, 0.5) is 5.69 Å². The first-order chi connectivity index (χ1) is 14.0. The van der Waals surface area contributed by atoms with Crippen LogP contribution in [0.2, 0.25) is 0 Å². The van der Waals surface area contributed by atoms with Gasteiger partial charge in [0.15, 0.2) is 0 Å². The number of amides is 1. The van der Waals surface area contributed by atoms with Crippen molar-refractivity contribution < 1.29 is 9.90 Å². The standard InChI is InChI=1S/C24H22N2O2S/c1-15(2)17-9-7-16(8-10-17)13-23(28)25-18-11-12-21(27)19(14-18)24-26-20-5-3-4-6-22(20)29-24/h3-12,14-15,27H,13H2,1-2H3,(H,25,28). The maximum atomic E-state index is 12.5. The molecule has 5 heteroatoms. The van der Waals surface area contributed by atoms with Gasteiger partial charge in [-0.15, -0.1) is 11.3 Å². The molecule has 0 aliphatic rings. The summed E-state index contributed by atoms with van der Waals surface area (Å²) in [7, 11) is 0. The van der Waals surface area contributed by atoms with Gasteiger partial charge in [-0.05, 0) is 47.4 Å². The number of aromatic hydroxyl groups is 1. The van der Waals surface area contributed by atoms with E-state index in [4.69, 9.17) is 0 Å². The Morgan fingerprint density at radius 3 is 2.55 bits per heavy atom. The largest absolute Gasteiger partial charge is 0.507 e. The summed E-state index contributed by atoms with van der Waals surface area (Å²) in [6, 6.07) is 21.1. The highest BCUT2D eigenvalue weighted by Gasteiger charge is 2.13. The number of phenols is 1. The molecule has 4 aromatic rings. The van der Waals surface area contributed by atoms with Crippen molar-refractivity contribution >= 4 is 33.1 Å². The summed E-state index contributed by atoms with van der Waals surface area (Å²) < 4.78 is 1.06. The van der Waals surface area contributed by atoms with Crippen molar-refractivity contribution in [2.45, 2.75) is 26.2 Å². The first-order valence-electron chi connectivity index (χ1n) is 9.57. The Balaban J connectivity index is 1.51. The van der Waals surface area contributed by atoms with Crippen molar-refractivity contribution in [3.8, 4) is 16.3 Å². The van der Waals surface area contributed by atoms with Crippen LogP contribution in [-0.2, 0) is 11.2 Å². The van der Waals surface area contributed by atoms with Crippen LogP contribution in [0.1, 0.15) is 30.9 Å². The van der Waals surface area contributed by atoms with Crippen molar-refractivity contribution in [2.75, 3.05) is 5.32 Å². The number of hydrogen-bond donors (Lipinski definition) is 2. The minimum atomic E-state index is -0.0942. The molecule has 0 saturated heterocycles. The van der Waals surface area contributed by atoms with Crippen LogP contribution in [0.25, 0.3) is 20.8 Å². The molecule has 146 valence electrons. The van der Waals surface area contributed by atoms with Gasteiger partial charge in [0, 0.05) is 5.69 Å². The van der Waals surface area contributed by atoms with Gasteiger partial charge in [-0.25, -0.2) is 4.98 Å². The lowest BCUT2D eigenvalue weighted by atomic mass is 10.0. The van der Waals surface area contributed by atoms with Gasteiger partial charge < -0.3 is 10.4 Å². The molecule has 1 amide bonds. The predicted molar refractivity (Wildman–Crippen MR) is 120 cm³/mol. The molecule has 0 unspecified atom stereocenters. The number of benzene rings is 3. The fourth-order valence-corrected chi connectivity index (χ4v) is 4.17. The zero-order valence-electron chi connectivity index (χ0n) is 16.3. The monoisotopic (exact) mass is 402 g/mol. The molecular weight excluding hydrogens is 380 g/mol. The first kappa shape index (κ1) is 19.2. The molecule has 2 N–H and O–H groups in total. The van der Waals surface area contributed by atoms with E-state index in [-0.39, 0.29) is 11.7 Å². The van der Waals surface area contributed by atoms with E-state index in [0.717, 1.165) is 20.8 Å². The zero-order valence-corrected chi connectivity index (χ0v) is 17.2. The normalized spacial score (nSPS) is 11.1. The molecule has 4 nitrogen and oxygen atoms in total. The molecule has 0 fully saturated rings. The van der Waals surface area contributed by atoms with Crippen molar-refractivity contribution in [3.63, 3.8) is 0 Å². The summed E-state index contributed by atoms with van der Waals surface area (Å²) in [5.41, 5.74) is 4.38. The fourth-order valence-electron chi connectivity index (χ4n) is 3.18. The molecule has 29 heavy (non-hydrogen) atoms. The second-order valence-corrected chi connectivity index (χ2v) is 8.37. The molecule has 0 radical (unpaired) electrons. The quantitative estimate of drug-likeness (QED) is 0.404. The number of carbonyl (C=O) groups excluding carboxylic acids is 1. The van der Waals surface area contributed by atoms with Crippen LogP contribution in [0.3, 0.4) is 0 Å². The number of phenolic OH excluding ortho intramolecular Hbond substituents is 1. The number of rotatable bonds is 5. The molecule has 0 saturated carbocycles. The smallest absolute Gasteiger partial charge is 0.228 e. The van der Waals surface area contributed by atoms with E-state index < -0.39 is 0 Å². The summed E-state index contributed by atoms with van der Waals surface area (Å²) in [6.45, 7) is 4.30. The molecular formula is C24H22N2O2S. The second-order valence-electron chi connectivity index (χ2n) is 7.34. The number of carbonyl (C=O) groups is 1. The van der Waals surface area contributed by atoms with E-state index in [9.17, 15) is 9.90 Å². The Kier molecular flexibility index (Phi) is 5.32. The Hall–Kier alpha value is -3.18. The molecule has 4 rings (SSSR count). The van der Waals surface area contributed by atoms with Gasteiger partial charge in [0.25, 0.3) is 0 Å². The lowest BCUT2D eigenvalue weighted by Crippen LogP contribution is -2.14. The SMILES string of the molecule is CC(C)c1ccc(CC(=O)Nc2ccc(O)c(-c3nc4ccccc4s3)c2)cc1. The zero-order chi connectivity index (χ0) is 20.4. The lowest BCUT2D eigenvalue weighted by Gasteiger charge is -2.09. The number of aromatic nitrogens is 1. The van der Waals surface area contributed by atoms with E-state index in [2.05, 4.69) is 36.3 Å². The highest BCUT2D eigenvalue weighted by atomic mass is 32.1. The molecule has 1 heterocycles. The molecule has 3 aromatic carbocycles. The van der Waals surface area contributed by atoms with Crippen LogP contribution in [0.15, 0.2) is 66.7 Å². The molecule has 0 spiro atoms. The predicted octanol–water partition coefficient (Wildman–Crippen LogP) is 5.97. The highest BCUT2D eigenvalue weighted by Crippen LogP contribution is 2.36. The number of thiazole rings is 1. The van der Waals surface area contributed by atoms with Gasteiger partial charge in [0.1, 0.15) is 10.8 Å². The third-order valence-electron chi connectivity index (χ3n) is 4.82. The number of nitrogens with zero attached hydrogens (tertiary/aromatic N) is 1. The van der Waals surface area contributed by atoms with Crippen molar-refractivity contribution in [3.05, 3.63) is 77.9 Å². The molecule has 0 aliphatic carbocycles. The Morgan fingerprint density at radius 1 is 1.07 bits per heavy atom. The molecule has 1 aromatic heterocycles. The minimum absolute atomic E-state index is 0.0942. The fraction of sp³-hybridized carbons (Fsp3) is 0.167. The van der Waals surface area contributed by atoms with Gasteiger partial charge >= 0.3 is 0 Å². The van der Waals surface area contributed by atoms with Crippen molar-refractivity contribution in [1.82, 2.24) is 4.98 Å². The maximum absolute atomic E-state index is 12.5. The van der Waals surface area contributed by atoms with E-state index in [1.807, 2.05) is 36.4 Å². The van der Waals surface area contributed by atoms with E-state index >= 15 is 0 Å². The number of para-hydroxylation sites is 1. The second kappa shape index (κ2) is 8.05. The third kappa shape index (κ3) is 4.30. The summed E-state index contributed by atoms with van der Waals surface area (Å²) in [6.07, 6.45) is 0.301. The van der Waals surface area contributed by atoms with Crippen molar-refractivity contribution in [1.29, 1.82) is 0 Å². The highest BCUT2D eigenvalue weighted by molar-refractivity contribution is 7.21. The summed E-state index contributed by atoms with van der Waals surface area (Å²) in [5, 5.41) is 14.0. The van der Waals surface area contributed by atoms with E-state index in [1.54, 1.807) is 18.2 Å². The topological polar surface area (TPSA) is 62.2 Å². The number of hydrogen-bond acceptors (Lipinski definition) is 4. The first-order valence-corrected chi connectivity index (χ1v) is 10.4. The average molecular weight is 403 g/mol. The van der Waals surface area contributed by atoms with Crippen LogP contribution >= 0.6 is 11.3 Å². The average Bonchev–Trinajstić information content (AvgIpc) is 3.14. The van der Waals surface area contributed by atoms with Gasteiger partial charge in [-0.2, -0.15) is 0 Å². The molecule has 0 bridgehead atoms.